The molecule has 80 heavy (non-hydrogen) atoms. The van der Waals surface area contributed by atoms with Crippen LogP contribution in [0.1, 0.15) is 60.8 Å². The van der Waals surface area contributed by atoms with Crippen molar-refractivity contribution in [3.8, 4) is 343 Å². The van der Waals surface area contributed by atoms with E-state index in [4.69, 9.17) is 14.6 Å². The molecule has 6 heteroatoms. The highest BCUT2D eigenvalue weighted by Gasteiger charge is 2.23. The van der Waals surface area contributed by atoms with Gasteiger partial charge in [0.15, 0.2) is 0 Å². The van der Waals surface area contributed by atoms with Gasteiger partial charge in [-0.2, -0.15) is 0 Å². The minimum atomic E-state index is -1.04. The molecule has 0 radical (unpaired) electrons. The first-order valence-electron chi connectivity index (χ1n) is 21.9. The molecule has 0 bridgehead atoms. The third-order valence-electron chi connectivity index (χ3n) is 6.05. The van der Waals surface area contributed by atoms with Gasteiger partial charge in [0.25, 0.3) is 0 Å². The Morgan fingerprint density at radius 3 is 0.613 bits per heavy atom. The first kappa shape index (κ1) is 67.7. The molecule has 0 aromatic heterocycles. The van der Waals surface area contributed by atoms with Crippen LogP contribution < -0.4 is 0 Å². The van der Waals surface area contributed by atoms with Crippen molar-refractivity contribution >= 4 is 17.9 Å². The van der Waals surface area contributed by atoms with Crippen molar-refractivity contribution in [3.63, 3.8) is 0 Å². The number of hydrogen-bond donors (Lipinski definition) is 1. The summed E-state index contributed by atoms with van der Waals surface area (Å²) in [6.45, 7) is 11.1. The standard InChI is InChI=1S/C60H6.C14H24O6/c1-3-5-7-9-11-13-15-17-19-21-23-25-27-29-31-33-35-37-39-41-43-45-47-49-51-53-55-57-59-60-58-56-54-52-50-48-46-44-42-40-38-36-34-32-30-28-26-24-22-20-18-16-14-12-10-8-6-4-2;1-10(2)7-13(18)20-9-14(3,4)8-19-12(17)6-5-11(15)16/h1-2H3;10H,5-9H2,1-4H3,(H,15,16). The van der Waals surface area contributed by atoms with E-state index in [1.54, 1.807) is 27.7 Å². The highest BCUT2D eigenvalue weighted by Crippen LogP contribution is 2.17. The molecule has 0 spiro atoms. The van der Waals surface area contributed by atoms with Crippen molar-refractivity contribution in [2.75, 3.05) is 13.2 Å². The molecule has 362 valence electrons. The van der Waals surface area contributed by atoms with Crippen molar-refractivity contribution in [3.05, 3.63) is 0 Å². The van der Waals surface area contributed by atoms with E-state index in [-0.39, 0.29) is 37.9 Å². The highest BCUT2D eigenvalue weighted by atomic mass is 16.5. The van der Waals surface area contributed by atoms with E-state index in [1.165, 1.54) is 0 Å². The maximum absolute atomic E-state index is 11.4. The van der Waals surface area contributed by atoms with Gasteiger partial charge in [-0.05, 0) is 114 Å². The summed E-state index contributed by atoms with van der Waals surface area (Å²) < 4.78 is 10.1. The van der Waals surface area contributed by atoms with Crippen LogP contribution in [0.3, 0.4) is 0 Å². The predicted molar refractivity (Wildman–Crippen MR) is 309 cm³/mol. The normalized spacial score (nSPS) is 5.79. The van der Waals surface area contributed by atoms with E-state index in [2.05, 4.69) is 343 Å². The number of carboxylic acid groups (broad SMARTS) is 1. The van der Waals surface area contributed by atoms with E-state index in [1.807, 2.05) is 13.8 Å². The Labute approximate surface area is 473 Å². The summed E-state index contributed by atoms with van der Waals surface area (Å²) in [5.41, 5.74) is -0.495. The van der Waals surface area contributed by atoms with Crippen molar-refractivity contribution in [1.82, 2.24) is 0 Å². The minimum absolute atomic E-state index is 0.0837. The number of carboxylic acids is 1. The largest absolute Gasteiger partial charge is 0.481 e. The molecule has 0 saturated carbocycles. The molecule has 0 aliphatic rings. The number of esters is 2. The Morgan fingerprint density at radius 2 is 0.463 bits per heavy atom. The maximum Gasteiger partial charge on any atom is 0.306 e. The summed E-state index contributed by atoms with van der Waals surface area (Å²) in [4.78, 5) is 33.0. The second-order valence-corrected chi connectivity index (χ2v) is 13.5. The zero-order valence-electron chi connectivity index (χ0n) is 43.6. The van der Waals surface area contributed by atoms with E-state index < -0.39 is 17.4 Å². The van der Waals surface area contributed by atoms with Crippen LogP contribution in [-0.2, 0) is 23.9 Å². The third-order valence-corrected chi connectivity index (χ3v) is 6.05. The van der Waals surface area contributed by atoms with E-state index in [0.717, 1.165) is 0 Å². The topological polar surface area (TPSA) is 89.9 Å². The molecular formula is C74H30O6. The molecule has 0 aromatic rings. The van der Waals surface area contributed by atoms with E-state index in [9.17, 15) is 14.4 Å². The lowest BCUT2D eigenvalue weighted by Crippen LogP contribution is -2.29. The average Bonchev–Trinajstić information content (AvgIpc) is 3.43. The monoisotopic (exact) mass is 1010 g/mol. The van der Waals surface area contributed by atoms with Crippen LogP contribution in [0.5, 0.6) is 0 Å². The van der Waals surface area contributed by atoms with Gasteiger partial charge in [0.1, 0.15) is 0 Å². The number of ether oxygens (including phenoxy) is 2. The first-order chi connectivity index (χ1) is 39.0. The fourth-order valence-corrected chi connectivity index (χ4v) is 3.08. The van der Waals surface area contributed by atoms with Gasteiger partial charge in [-0.25, -0.2) is 0 Å². The molecule has 0 aliphatic heterocycles. The van der Waals surface area contributed by atoms with Crippen molar-refractivity contribution < 1.29 is 29.0 Å². The Kier molecular flexibility index (Phi) is 47.1. The van der Waals surface area contributed by atoms with Crippen molar-refractivity contribution in [2.24, 2.45) is 11.3 Å². The van der Waals surface area contributed by atoms with Gasteiger partial charge in [-0.3, -0.25) is 14.4 Å². The van der Waals surface area contributed by atoms with Gasteiger partial charge < -0.3 is 14.6 Å². The summed E-state index contributed by atoms with van der Waals surface area (Å²) in [5, 5.41) is 8.44. The van der Waals surface area contributed by atoms with Crippen LogP contribution in [0.4, 0.5) is 0 Å². The summed E-state index contributed by atoms with van der Waals surface area (Å²) in [6, 6.07) is 0. The smallest absolute Gasteiger partial charge is 0.306 e. The molecule has 6 nitrogen and oxygen atoms in total. The van der Waals surface area contributed by atoms with Crippen LogP contribution in [0.15, 0.2) is 0 Å². The molecule has 0 heterocycles. The fraction of sp³-hybridized carbons (Fsp3) is 0.176. The van der Waals surface area contributed by atoms with Crippen LogP contribution >= 0.6 is 0 Å². The zero-order valence-corrected chi connectivity index (χ0v) is 43.6. The summed E-state index contributed by atoms with van der Waals surface area (Å²) in [6.07, 6.45) is -0.0460. The van der Waals surface area contributed by atoms with Gasteiger partial charge in [0.2, 0.25) is 0 Å². The second-order valence-electron chi connectivity index (χ2n) is 13.5. The highest BCUT2D eigenvalue weighted by molar-refractivity contribution is 5.76. The lowest BCUT2D eigenvalue weighted by molar-refractivity contribution is -0.154. The van der Waals surface area contributed by atoms with Gasteiger partial charge in [-0.15, -0.1) is 0 Å². The second kappa shape index (κ2) is 55.6. The summed E-state index contributed by atoms with van der Waals surface area (Å²) in [7, 11) is 0. The molecule has 0 aromatic carbocycles. The van der Waals surface area contributed by atoms with E-state index >= 15 is 0 Å². The number of carbonyl (C=O) groups is 3. The molecule has 0 unspecified atom stereocenters. The van der Waals surface area contributed by atoms with Crippen molar-refractivity contribution in [1.29, 1.82) is 0 Å². The molecule has 1 N–H and O–H groups in total. The average molecular weight is 1020 g/mol. The number of rotatable bonds is 9. The summed E-state index contributed by atoms with van der Waals surface area (Å²) >= 11 is 0. The van der Waals surface area contributed by atoms with Crippen LogP contribution in [0.2, 0.25) is 0 Å². The summed E-state index contributed by atoms with van der Waals surface area (Å²) in [5.74, 6) is 144. The Bertz CT molecular complexity index is 4180. The molecule has 0 amide bonds. The SMILES string of the molecule is CC#CC#CC#CC#CC#CC#CC#CC#CC#CC#CC#CC#CC#CC#CC#CC#CC#CC#CC#CC#CC#CC#CC#CC#CC#CC#CC#CC#CC#CC.CC(C)CC(=O)OCC(C)(C)COC(=O)CCC(=O)O. The molecule has 0 rings (SSSR count). The van der Waals surface area contributed by atoms with Crippen LogP contribution in [0.25, 0.3) is 0 Å². The lowest BCUT2D eigenvalue weighted by atomic mass is 9.96. The van der Waals surface area contributed by atoms with Crippen LogP contribution in [-0.4, -0.2) is 36.2 Å². The number of carbonyl (C=O) groups excluding carboxylic acids is 2. The van der Waals surface area contributed by atoms with Crippen molar-refractivity contribution in [2.45, 2.75) is 60.8 Å². The minimum Gasteiger partial charge on any atom is -0.481 e. The Balaban J connectivity index is 0. The van der Waals surface area contributed by atoms with Gasteiger partial charge >= 0.3 is 17.9 Å². The Hall–Kier alpha value is -14.4. The fourth-order valence-electron chi connectivity index (χ4n) is 3.08. The van der Waals surface area contributed by atoms with Gasteiger partial charge in [0.05, 0.1) is 26.1 Å². The Morgan fingerprint density at radius 1 is 0.300 bits per heavy atom. The molecule has 0 saturated heterocycles. The van der Waals surface area contributed by atoms with E-state index in [0.29, 0.717) is 6.42 Å². The number of aliphatic carboxylic acids is 1. The quantitative estimate of drug-likeness (QED) is 0.283. The zero-order chi connectivity index (χ0) is 58.8. The third kappa shape index (κ3) is 61.7. The van der Waals surface area contributed by atoms with Gasteiger partial charge in [-0.1, -0.05) is 39.5 Å². The molecular weight excluding hydrogens is 985 g/mol. The maximum atomic E-state index is 11.4. The predicted octanol–water partition coefficient (Wildman–Crippen LogP) is 3.13. The van der Waals surface area contributed by atoms with Crippen LogP contribution in [0, 0.1) is 355 Å². The van der Waals surface area contributed by atoms with Gasteiger partial charge in [0, 0.05) is 249 Å². The molecule has 0 fully saturated rings. The molecule has 0 aliphatic carbocycles. The molecule has 0 atom stereocenters. The first-order valence-corrected chi connectivity index (χ1v) is 21.9. The lowest BCUT2D eigenvalue weighted by Gasteiger charge is -2.23. The number of hydrogen-bond acceptors (Lipinski definition) is 5.